The van der Waals surface area contributed by atoms with Crippen LogP contribution in [0.2, 0.25) is 0 Å². The van der Waals surface area contributed by atoms with Crippen LogP contribution in [0.1, 0.15) is 91.2 Å². The largest absolute Gasteiger partial charge is 0.398 e. The van der Waals surface area contributed by atoms with E-state index in [9.17, 15) is 0 Å². The lowest BCUT2D eigenvalue weighted by atomic mass is 9.82. The topological polar surface area (TPSA) is 102 Å². The van der Waals surface area contributed by atoms with Crippen LogP contribution in [0.3, 0.4) is 0 Å². The van der Waals surface area contributed by atoms with Crippen molar-refractivity contribution in [3.63, 3.8) is 0 Å². The first-order chi connectivity index (χ1) is 30.6. The third-order valence-electron chi connectivity index (χ3n) is 10.6. The normalized spacial score (nSPS) is 11.4. The van der Waals surface area contributed by atoms with Gasteiger partial charge >= 0.3 is 0 Å². The molecule has 0 spiro atoms. The average molecular weight is 831 g/mol. The Hall–Kier alpha value is -6.85. The van der Waals surface area contributed by atoms with E-state index < -0.39 is 0 Å². The van der Waals surface area contributed by atoms with Gasteiger partial charge in [0.05, 0.1) is 11.8 Å². The van der Waals surface area contributed by atoms with Crippen molar-refractivity contribution in [3.05, 3.63) is 245 Å². The zero-order valence-corrected chi connectivity index (χ0v) is 38.4. The van der Waals surface area contributed by atoms with Gasteiger partial charge in [0, 0.05) is 17.3 Å². The number of rotatable bonds is 8. The molecule has 0 aliphatic rings. The van der Waals surface area contributed by atoms with Crippen molar-refractivity contribution in [3.8, 4) is 22.3 Å². The fraction of sp³-hybridized carbons (Fsp3) is 0.169. The fourth-order valence-corrected chi connectivity index (χ4v) is 7.35. The summed E-state index contributed by atoms with van der Waals surface area (Å²) in [6.07, 6.45) is 1.75. The number of allylic oxidation sites excluding steroid dienone is 1. The Bertz CT molecular complexity index is 2630. The van der Waals surface area contributed by atoms with E-state index in [-0.39, 0.29) is 12.1 Å². The summed E-state index contributed by atoms with van der Waals surface area (Å²) < 4.78 is 0. The molecule has 0 aromatic heterocycles. The van der Waals surface area contributed by atoms with Crippen LogP contribution in [0.15, 0.2) is 200 Å². The second-order valence-electron chi connectivity index (χ2n) is 14.8. The molecular formula is C59H66N4. The third-order valence-corrected chi connectivity index (χ3v) is 10.6. The van der Waals surface area contributed by atoms with Gasteiger partial charge in [0.1, 0.15) is 0 Å². The molecule has 322 valence electrons. The Balaban J connectivity index is 0.000000360. The number of aryl methyl sites for hydroxylation is 2. The minimum atomic E-state index is -0.257. The highest BCUT2D eigenvalue weighted by Crippen LogP contribution is 2.42. The van der Waals surface area contributed by atoms with Crippen LogP contribution in [0.5, 0.6) is 0 Å². The van der Waals surface area contributed by atoms with Crippen molar-refractivity contribution >= 4 is 22.2 Å². The van der Waals surface area contributed by atoms with Crippen molar-refractivity contribution in [2.24, 2.45) is 17.2 Å². The molecule has 8 aromatic carbocycles. The van der Waals surface area contributed by atoms with Crippen molar-refractivity contribution in [1.82, 2.24) is 0 Å². The van der Waals surface area contributed by atoms with E-state index in [1.54, 1.807) is 6.08 Å². The molecule has 8 rings (SSSR count). The second-order valence-corrected chi connectivity index (χ2v) is 14.8. The van der Waals surface area contributed by atoms with E-state index in [4.69, 9.17) is 22.6 Å². The Morgan fingerprint density at radius 1 is 0.492 bits per heavy atom. The van der Waals surface area contributed by atoms with Gasteiger partial charge < -0.3 is 22.6 Å². The highest BCUT2D eigenvalue weighted by atomic mass is 14.6. The molecule has 8 aromatic rings. The molecule has 4 nitrogen and oxygen atoms in total. The van der Waals surface area contributed by atoms with Gasteiger partial charge in [-0.2, -0.15) is 0 Å². The third kappa shape index (κ3) is 13.1. The van der Waals surface area contributed by atoms with Crippen LogP contribution in [0.4, 0.5) is 0 Å². The van der Waals surface area contributed by atoms with E-state index in [1.807, 2.05) is 138 Å². The maximum absolute atomic E-state index is 8.60. The first-order valence-corrected chi connectivity index (χ1v) is 22.1. The molecule has 0 bridgehead atoms. The first kappa shape index (κ1) is 48.8. The van der Waals surface area contributed by atoms with Crippen molar-refractivity contribution in [2.45, 2.75) is 67.5 Å². The lowest BCUT2D eigenvalue weighted by Crippen LogP contribution is -2.14. The summed E-state index contributed by atoms with van der Waals surface area (Å²) in [6, 6.07) is 65.7. The van der Waals surface area contributed by atoms with Gasteiger partial charge in [-0.15, -0.1) is 0 Å². The Morgan fingerprint density at radius 2 is 0.968 bits per heavy atom. The molecule has 0 amide bonds. The molecule has 4 heteroatoms. The minimum absolute atomic E-state index is 0.159. The number of nitrogens with two attached hydrogens (primary N) is 3. The molecule has 0 aliphatic carbocycles. The Morgan fingerprint density at radius 3 is 1.49 bits per heavy atom. The fourth-order valence-electron chi connectivity index (χ4n) is 7.35. The summed E-state index contributed by atoms with van der Waals surface area (Å²) in [5.74, 6) is 0. The molecule has 63 heavy (non-hydrogen) atoms. The summed E-state index contributed by atoms with van der Waals surface area (Å²) in [6.45, 7) is 16.4. The molecule has 0 heterocycles. The summed E-state index contributed by atoms with van der Waals surface area (Å²) >= 11 is 0. The molecule has 2 unspecified atom stereocenters. The average Bonchev–Trinajstić information content (AvgIpc) is 3.34. The van der Waals surface area contributed by atoms with Gasteiger partial charge in [-0.1, -0.05) is 227 Å². The molecular weight excluding hydrogens is 765 g/mol. The van der Waals surface area contributed by atoms with Gasteiger partial charge in [0.2, 0.25) is 0 Å². The molecule has 0 aliphatic heterocycles. The van der Waals surface area contributed by atoms with Gasteiger partial charge in [-0.05, 0) is 100 Å². The second kappa shape index (κ2) is 25.2. The van der Waals surface area contributed by atoms with Crippen LogP contribution >= 0.6 is 0 Å². The molecule has 0 fully saturated rings. The van der Waals surface area contributed by atoms with Crippen molar-refractivity contribution in [2.75, 3.05) is 0 Å². The van der Waals surface area contributed by atoms with Gasteiger partial charge in [0.25, 0.3) is 0 Å². The van der Waals surface area contributed by atoms with Crippen LogP contribution < -0.4 is 17.2 Å². The van der Waals surface area contributed by atoms with E-state index >= 15 is 0 Å². The molecule has 0 saturated heterocycles. The number of benzene rings is 8. The van der Waals surface area contributed by atoms with Crippen molar-refractivity contribution in [1.29, 1.82) is 5.41 Å². The van der Waals surface area contributed by atoms with Crippen molar-refractivity contribution < 1.29 is 0 Å². The summed E-state index contributed by atoms with van der Waals surface area (Å²) in [5.41, 5.74) is 33.7. The number of hydrogen-bond acceptors (Lipinski definition) is 4. The molecule has 7 N–H and O–H groups in total. The Kier molecular flexibility index (Phi) is 19.5. The molecule has 0 radical (unpaired) electrons. The van der Waals surface area contributed by atoms with Crippen LogP contribution in [-0.4, -0.2) is 5.71 Å². The Labute approximate surface area is 377 Å². The highest BCUT2D eigenvalue weighted by Gasteiger charge is 2.21. The quantitative estimate of drug-likeness (QED) is 0.115. The SMILES string of the molecule is CC.CC.CC(N)c1ccccc1.Cc1ccccc1.Cc1ccccc1-c1c(C(N)c2ccccc2)ccc(-c2ccc(/C(N)=C/C(=N)c3ccccc3)c3ccccc23)c1C. The molecule has 0 saturated carbocycles. The summed E-state index contributed by atoms with van der Waals surface area (Å²) in [7, 11) is 0. The standard InChI is InChI=1S/C40H35N3.C8H11N.C7H8.2C2H6/c1-26-13-9-10-18-30(26)39-27(2)31(21-24-36(39)40(43)29-16-7-4-8-17-29)34-22-23-35(33-20-12-11-19-32(33)34)38(42)25-37(41)28-14-5-3-6-15-28;1-7(9)8-5-3-2-4-6-8;1-7-5-3-2-4-6-7;2*1-2/h3-25,40-41H,42-43H2,1-2H3;2-7H,9H2,1H3;2-6H,1H3;2*1-2H3/b38-25-,41-37?;;;;. The lowest BCUT2D eigenvalue weighted by Gasteiger charge is -2.23. The minimum Gasteiger partial charge on any atom is -0.398 e. The van der Waals surface area contributed by atoms with Crippen LogP contribution in [0.25, 0.3) is 38.7 Å². The molecule has 2 atom stereocenters. The number of nitrogens with one attached hydrogen (secondary N) is 1. The smallest absolute Gasteiger partial charge is 0.0632 e. The summed E-state index contributed by atoms with van der Waals surface area (Å²) in [5, 5.41) is 10.8. The van der Waals surface area contributed by atoms with Gasteiger partial charge in [-0.25, -0.2) is 0 Å². The monoisotopic (exact) mass is 831 g/mol. The van der Waals surface area contributed by atoms with Gasteiger partial charge in [0.15, 0.2) is 0 Å². The van der Waals surface area contributed by atoms with Crippen LogP contribution in [-0.2, 0) is 0 Å². The van der Waals surface area contributed by atoms with Gasteiger partial charge in [-0.3, -0.25) is 0 Å². The first-order valence-electron chi connectivity index (χ1n) is 22.1. The predicted octanol–water partition coefficient (Wildman–Crippen LogP) is 15.0. The van der Waals surface area contributed by atoms with E-state index in [0.29, 0.717) is 11.4 Å². The van der Waals surface area contributed by atoms with E-state index in [1.165, 1.54) is 33.4 Å². The van der Waals surface area contributed by atoms with Crippen LogP contribution in [0, 0.1) is 26.2 Å². The number of fused-ring (bicyclic) bond motifs is 1. The zero-order valence-electron chi connectivity index (χ0n) is 38.4. The highest BCUT2D eigenvalue weighted by molar-refractivity contribution is 6.12. The predicted molar refractivity (Wildman–Crippen MR) is 275 cm³/mol. The summed E-state index contributed by atoms with van der Waals surface area (Å²) in [4.78, 5) is 0. The van der Waals surface area contributed by atoms with E-state index in [2.05, 4.69) is 112 Å². The maximum Gasteiger partial charge on any atom is 0.0632 e. The number of hydrogen-bond donors (Lipinski definition) is 4. The maximum atomic E-state index is 8.60. The lowest BCUT2D eigenvalue weighted by molar-refractivity contribution is 0.818. The zero-order chi connectivity index (χ0) is 45.7. The van der Waals surface area contributed by atoms with E-state index in [0.717, 1.165) is 44.2 Å².